The third-order valence-electron chi connectivity index (χ3n) is 3.96. The van der Waals surface area contributed by atoms with E-state index >= 15 is 0 Å². The first-order chi connectivity index (χ1) is 8.43. The van der Waals surface area contributed by atoms with Crippen LogP contribution in [0.1, 0.15) is 37.4 Å². The normalized spacial score (nSPS) is 29.8. The highest BCUT2D eigenvalue weighted by Crippen LogP contribution is 2.42. The average molecular weight is 234 g/mol. The van der Waals surface area contributed by atoms with E-state index in [2.05, 4.69) is 6.07 Å². The summed E-state index contributed by atoms with van der Waals surface area (Å²) in [7, 11) is 0.0179. The fourth-order valence-electron chi connectivity index (χ4n) is 3.12. The summed E-state index contributed by atoms with van der Waals surface area (Å²) in [6.07, 6.45) is 7.63. The lowest BCUT2D eigenvalue weighted by Crippen LogP contribution is -2.31. The summed E-state index contributed by atoms with van der Waals surface area (Å²) >= 11 is 0. The van der Waals surface area contributed by atoms with Crippen molar-refractivity contribution < 1.29 is 13.7 Å². The van der Waals surface area contributed by atoms with E-state index in [1.807, 2.05) is 6.07 Å². The molecule has 1 aliphatic heterocycles. The molecule has 1 aromatic heterocycles. The smallest absolute Gasteiger partial charge is 0.457 e. The van der Waals surface area contributed by atoms with Crippen molar-refractivity contribution in [2.75, 3.05) is 13.2 Å². The van der Waals surface area contributed by atoms with Crippen LogP contribution in [0.25, 0.3) is 0 Å². The fraction of sp³-hybridized carbons (Fsp3) is 0.692. The molecule has 3 rings (SSSR count). The molecular formula is C13H19BO3. The monoisotopic (exact) mass is 234 g/mol. The Bertz CT molecular complexity index is 332. The molecule has 0 radical (unpaired) electrons. The Balaban J connectivity index is 1.61. The fourth-order valence-corrected chi connectivity index (χ4v) is 3.12. The summed E-state index contributed by atoms with van der Waals surface area (Å²) in [6, 6.07) is 4.09. The molecule has 1 aliphatic carbocycles. The van der Waals surface area contributed by atoms with Gasteiger partial charge in [0, 0.05) is 19.1 Å². The van der Waals surface area contributed by atoms with Crippen LogP contribution in [0.5, 0.6) is 0 Å². The summed E-state index contributed by atoms with van der Waals surface area (Å²) in [5.41, 5.74) is 0. The molecule has 1 saturated heterocycles. The van der Waals surface area contributed by atoms with Crippen molar-refractivity contribution in [3.8, 4) is 0 Å². The largest absolute Gasteiger partial charge is 0.469 e. The Morgan fingerprint density at radius 3 is 2.82 bits per heavy atom. The van der Waals surface area contributed by atoms with Crippen molar-refractivity contribution >= 4 is 7.12 Å². The summed E-state index contributed by atoms with van der Waals surface area (Å²) in [5.74, 6) is 2.37. The van der Waals surface area contributed by atoms with Gasteiger partial charge in [-0.2, -0.15) is 0 Å². The minimum atomic E-state index is 0.0179. The van der Waals surface area contributed by atoms with Crippen molar-refractivity contribution in [3.63, 3.8) is 0 Å². The molecule has 0 N–H and O–H groups in total. The highest BCUT2D eigenvalue weighted by Gasteiger charge is 2.35. The highest BCUT2D eigenvalue weighted by atomic mass is 16.6. The lowest BCUT2D eigenvalue weighted by molar-refractivity contribution is 0.130. The molecule has 2 heterocycles. The van der Waals surface area contributed by atoms with Crippen LogP contribution in [0.3, 0.4) is 0 Å². The zero-order valence-electron chi connectivity index (χ0n) is 10.1. The standard InChI is InChI=1S/C13H19BO3/c1-4-11(10-14-16-8-3-9-17-14)12(5-1)13-6-2-7-15-13/h2,6-7,11-12H,1,3-5,8-10H2/t11-,12+/m1/s1. The zero-order chi connectivity index (χ0) is 11.5. The third-order valence-corrected chi connectivity index (χ3v) is 3.96. The molecule has 2 atom stereocenters. The van der Waals surface area contributed by atoms with Crippen molar-refractivity contribution in [1.82, 2.24) is 0 Å². The topological polar surface area (TPSA) is 31.6 Å². The van der Waals surface area contributed by atoms with Crippen LogP contribution in [0.15, 0.2) is 22.8 Å². The molecule has 92 valence electrons. The van der Waals surface area contributed by atoms with Crippen molar-refractivity contribution in [2.24, 2.45) is 5.92 Å². The Kier molecular flexibility index (Phi) is 3.53. The zero-order valence-corrected chi connectivity index (χ0v) is 10.1. The molecule has 4 heteroatoms. The summed E-state index contributed by atoms with van der Waals surface area (Å²) in [4.78, 5) is 0. The van der Waals surface area contributed by atoms with Crippen LogP contribution in [0.4, 0.5) is 0 Å². The molecule has 3 nitrogen and oxygen atoms in total. The molecule has 0 aromatic carbocycles. The van der Waals surface area contributed by atoms with Crippen LogP contribution in [0.2, 0.25) is 6.32 Å². The molecule has 0 unspecified atom stereocenters. The quantitative estimate of drug-likeness (QED) is 0.753. The van der Waals surface area contributed by atoms with Crippen LogP contribution in [-0.4, -0.2) is 20.3 Å². The maximum atomic E-state index is 5.65. The summed E-state index contributed by atoms with van der Waals surface area (Å²) < 4.78 is 16.9. The van der Waals surface area contributed by atoms with Gasteiger partial charge in [-0.1, -0.05) is 12.8 Å². The van der Waals surface area contributed by atoms with E-state index < -0.39 is 0 Å². The maximum Gasteiger partial charge on any atom is 0.457 e. The van der Waals surface area contributed by atoms with Crippen LogP contribution >= 0.6 is 0 Å². The van der Waals surface area contributed by atoms with Gasteiger partial charge in [0.05, 0.1) is 6.26 Å². The second-order valence-electron chi connectivity index (χ2n) is 5.07. The Morgan fingerprint density at radius 1 is 1.18 bits per heavy atom. The summed E-state index contributed by atoms with van der Waals surface area (Å²) in [5, 5.41) is 0. The molecule has 2 fully saturated rings. The first-order valence-corrected chi connectivity index (χ1v) is 6.70. The second-order valence-corrected chi connectivity index (χ2v) is 5.07. The minimum Gasteiger partial charge on any atom is -0.469 e. The Hall–Kier alpha value is -0.735. The number of furan rings is 1. The van der Waals surface area contributed by atoms with Gasteiger partial charge in [0.15, 0.2) is 0 Å². The van der Waals surface area contributed by atoms with E-state index in [4.69, 9.17) is 13.7 Å². The second kappa shape index (κ2) is 5.28. The van der Waals surface area contributed by atoms with Gasteiger partial charge in [0.2, 0.25) is 0 Å². The van der Waals surface area contributed by atoms with Crippen molar-refractivity contribution in [2.45, 2.75) is 37.9 Å². The van der Waals surface area contributed by atoms with Gasteiger partial charge in [0.1, 0.15) is 5.76 Å². The van der Waals surface area contributed by atoms with Crippen LogP contribution in [0, 0.1) is 5.92 Å². The molecule has 0 amide bonds. The average Bonchev–Trinajstić information content (AvgIpc) is 3.00. The maximum absolute atomic E-state index is 5.65. The molecule has 17 heavy (non-hydrogen) atoms. The van der Waals surface area contributed by atoms with Gasteiger partial charge in [-0.15, -0.1) is 0 Å². The van der Waals surface area contributed by atoms with Crippen molar-refractivity contribution in [3.05, 3.63) is 24.2 Å². The third kappa shape index (κ3) is 2.58. The van der Waals surface area contributed by atoms with Gasteiger partial charge in [0.25, 0.3) is 0 Å². The molecule has 2 aliphatic rings. The predicted octanol–water partition coefficient (Wildman–Crippen LogP) is 3.09. The molecule has 0 spiro atoms. The lowest BCUT2D eigenvalue weighted by Gasteiger charge is -2.24. The van der Waals surface area contributed by atoms with Gasteiger partial charge in [-0.25, -0.2) is 0 Å². The van der Waals surface area contributed by atoms with E-state index in [0.717, 1.165) is 31.7 Å². The van der Waals surface area contributed by atoms with Gasteiger partial charge in [-0.05, 0) is 37.2 Å². The van der Waals surface area contributed by atoms with Crippen LogP contribution < -0.4 is 0 Å². The number of hydrogen-bond donors (Lipinski definition) is 0. The van der Waals surface area contributed by atoms with Crippen molar-refractivity contribution in [1.29, 1.82) is 0 Å². The van der Waals surface area contributed by atoms with E-state index in [1.165, 1.54) is 19.3 Å². The molecule has 0 bridgehead atoms. The van der Waals surface area contributed by atoms with Gasteiger partial charge < -0.3 is 13.7 Å². The van der Waals surface area contributed by atoms with Crippen LogP contribution in [-0.2, 0) is 9.31 Å². The van der Waals surface area contributed by atoms with Gasteiger partial charge >= 0.3 is 7.12 Å². The minimum absolute atomic E-state index is 0.0179. The van der Waals surface area contributed by atoms with E-state index in [0.29, 0.717) is 11.8 Å². The lowest BCUT2D eigenvalue weighted by atomic mass is 9.72. The number of hydrogen-bond acceptors (Lipinski definition) is 3. The van der Waals surface area contributed by atoms with Gasteiger partial charge in [-0.3, -0.25) is 0 Å². The molecule has 1 saturated carbocycles. The first kappa shape index (κ1) is 11.4. The molecule has 1 aromatic rings. The predicted molar refractivity (Wildman–Crippen MR) is 65.9 cm³/mol. The Labute approximate surface area is 103 Å². The first-order valence-electron chi connectivity index (χ1n) is 6.70. The van der Waals surface area contributed by atoms with E-state index in [-0.39, 0.29) is 7.12 Å². The SMILES string of the molecule is c1coc([C@H]2CCC[C@@H]2CB2OCCCO2)c1. The molecular weight excluding hydrogens is 215 g/mol. The van der Waals surface area contributed by atoms with E-state index in [9.17, 15) is 0 Å². The Morgan fingerprint density at radius 2 is 2.06 bits per heavy atom. The highest BCUT2D eigenvalue weighted by molar-refractivity contribution is 6.44. The summed E-state index contributed by atoms with van der Waals surface area (Å²) in [6.45, 7) is 1.70. The van der Waals surface area contributed by atoms with E-state index in [1.54, 1.807) is 6.26 Å². The number of rotatable bonds is 3.